The molecule has 0 aliphatic rings. The Balaban J connectivity index is 2.05. The average Bonchev–Trinajstić information content (AvgIpc) is 2.99. The largest absolute Gasteiger partial charge is 0.493 e. The smallest absolute Gasteiger partial charge is 0.321 e. The third-order valence-corrected chi connectivity index (χ3v) is 4.25. The Hall–Kier alpha value is -2.95. The highest BCUT2D eigenvalue weighted by Gasteiger charge is 2.16. The molecule has 0 fully saturated rings. The number of nitrogens with two attached hydrogens (primary N) is 1. The summed E-state index contributed by atoms with van der Waals surface area (Å²) in [5, 5.41) is 13.2. The number of rotatable bonds is 7. The van der Waals surface area contributed by atoms with Gasteiger partial charge in [0, 0.05) is 11.6 Å². The second-order valence-corrected chi connectivity index (χ2v) is 6.65. The van der Waals surface area contributed by atoms with E-state index in [0.29, 0.717) is 28.0 Å². The van der Waals surface area contributed by atoms with E-state index in [9.17, 15) is 9.59 Å². The number of thioether (sulfide) groups is 1. The Kier molecular flexibility index (Phi) is 6.88. The molecule has 0 radical (unpaired) electrons. The lowest BCUT2D eigenvalue weighted by atomic mass is 10.2. The minimum atomic E-state index is -0.546. The van der Waals surface area contributed by atoms with Crippen LogP contribution in [0.15, 0.2) is 23.4 Å². The lowest BCUT2D eigenvalue weighted by molar-refractivity contribution is -0.117. The molecule has 146 valence electrons. The van der Waals surface area contributed by atoms with E-state index < -0.39 is 11.9 Å². The minimum absolute atomic E-state index is 0.0349. The van der Waals surface area contributed by atoms with E-state index >= 15 is 0 Å². The van der Waals surface area contributed by atoms with E-state index in [1.54, 1.807) is 39.2 Å². The fourth-order valence-electron chi connectivity index (χ4n) is 2.14. The Morgan fingerprint density at radius 1 is 1.22 bits per heavy atom. The lowest BCUT2D eigenvalue weighted by Crippen LogP contribution is -2.43. The predicted octanol–water partition coefficient (Wildman–Crippen LogP) is 1.00. The average molecular weight is 394 g/mol. The molecule has 0 saturated heterocycles. The highest BCUT2D eigenvalue weighted by Crippen LogP contribution is 2.32. The van der Waals surface area contributed by atoms with Gasteiger partial charge >= 0.3 is 6.03 Å². The zero-order valence-corrected chi connectivity index (χ0v) is 16.3. The molecule has 27 heavy (non-hydrogen) atoms. The fraction of sp³-hybridized carbons (Fsp3) is 0.375. The van der Waals surface area contributed by atoms with Gasteiger partial charge in [0.2, 0.25) is 11.1 Å². The van der Waals surface area contributed by atoms with E-state index in [-0.39, 0.29) is 11.8 Å². The summed E-state index contributed by atoms with van der Waals surface area (Å²) >= 11 is 1.07. The van der Waals surface area contributed by atoms with Crippen molar-refractivity contribution in [3.63, 3.8) is 0 Å². The van der Waals surface area contributed by atoms with Crippen LogP contribution in [0.4, 0.5) is 4.79 Å². The zero-order chi connectivity index (χ0) is 20.0. The van der Waals surface area contributed by atoms with Crippen LogP contribution in [0.1, 0.15) is 13.8 Å². The lowest BCUT2D eigenvalue weighted by Gasteiger charge is -2.10. The number of methoxy groups -OCH3 is 2. The van der Waals surface area contributed by atoms with Gasteiger partial charge in [0.15, 0.2) is 17.3 Å². The van der Waals surface area contributed by atoms with Gasteiger partial charge in [-0.1, -0.05) is 11.8 Å². The molecule has 1 aromatic heterocycles. The number of amides is 3. The molecule has 3 amide bonds. The van der Waals surface area contributed by atoms with E-state index in [0.717, 1.165) is 11.8 Å². The van der Waals surface area contributed by atoms with Gasteiger partial charge in [-0.2, -0.15) is 0 Å². The Bertz CT molecular complexity index is 823. The molecule has 0 aliphatic heterocycles. The number of nitrogen functional groups attached to an aromatic ring is 1. The highest BCUT2D eigenvalue weighted by molar-refractivity contribution is 7.99. The molecule has 0 unspecified atom stereocenters. The quantitative estimate of drug-likeness (QED) is 0.468. The van der Waals surface area contributed by atoms with Crippen LogP contribution < -0.4 is 25.9 Å². The van der Waals surface area contributed by atoms with Crippen LogP contribution in [0.5, 0.6) is 11.5 Å². The van der Waals surface area contributed by atoms with Crippen LogP contribution >= 0.6 is 11.8 Å². The summed E-state index contributed by atoms with van der Waals surface area (Å²) in [6.45, 7) is 3.59. The number of nitrogens with one attached hydrogen (secondary N) is 2. The van der Waals surface area contributed by atoms with E-state index in [4.69, 9.17) is 15.3 Å². The summed E-state index contributed by atoms with van der Waals surface area (Å²) in [5.41, 5.74) is 0.676. The summed E-state index contributed by atoms with van der Waals surface area (Å²) in [6.07, 6.45) is 0. The number of aromatic nitrogens is 3. The molecule has 2 aromatic rings. The number of urea groups is 1. The summed E-state index contributed by atoms with van der Waals surface area (Å²) < 4.78 is 11.7. The van der Waals surface area contributed by atoms with Gasteiger partial charge in [0.25, 0.3) is 0 Å². The Morgan fingerprint density at radius 3 is 2.56 bits per heavy atom. The minimum Gasteiger partial charge on any atom is -0.493 e. The second-order valence-electron chi connectivity index (χ2n) is 5.71. The maximum Gasteiger partial charge on any atom is 0.321 e. The summed E-state index contributed by atoms with van der Waals surface area (Å²) in [5.74, 6) is 7.05. The predicted molar refractivity (Wildman–Crippen MR) is 101 cm³/mol. The van der Waals surface area contributed by atoms with Gasteiger partial charge in [0.05, 0.1) is 20.0 Å². The van der Waals surface area contributed by atoms with Crippen molar-refractivity contribution < 1.29 is 19.1 Å². The topological polar surface area (TPSA) is 133 Å². The van der Waals surface area contributed by atoms with Gasteiger partial charge in [-0.25, -0.2) is 9.47 Å². The molecule has 4 N–H and O–H groups in total. The van der Waals surface area contributed by atoms with Gasteiger partial charge < -0.3 is 20.6 Å². The molecule has 0 bridgehead atoms. The SMILES string of the molecule is COc1ccc(-c2nnc(SCC(=O)NC(=O)NC(C)C)n2N)cc1OC. The van der Waals surface area contributed by atoms with Gasteiger partial charge in [-0.3, -0.25) is 10.1 Å². The number of ether oxygens (including phenoxy) is 2. The molecule has 0 saturated carbocycles. The number of hydrogen-bond acceptors (Lipinski definition) is 8. The number of nitrogens with zero attached hydrogens (tertiary/aromatic N) is 3. The molecule has 0 atom stereocenters. The molecule has 2 rings (SSSR count). The number of carbonyl (C=O) groups is 2. The van der Waals surface area contributed by atoms with Crippen molar-refractivity contribution in [2.45, 2.75) is 25.0 Å². The van der Waals surface area contributed by atoms with Crippen LogP contribution in [0.25, 0.3) is 11.4 Å². The molecule has 0 spiro atoms. The normalized spacial score (nSPS) is 10.6. The van der Waals surface area contributed by atoms with Crippen molar-refractivity contribution in [1.29, 1.82) is 0 Å². The first-order valence-electron chi connectivity index (χ1n) is 8.01. The first-order valence-corrected chi connectivity index (χ1v) is 9.00. The van der Waals surface area contributed by atoms with E-state index in [1.165, 1.54) is 11.8 Å². The number of imide groups is 1. The monoisotopic (exact) mass is 394 g/mol. The molecular formula is C16H22N6O4S. The van der Waals surface area contributed by atoms with E-state index in [2.05, 4.69) is 20.8 Å². The van der Waals surface area contributed by atoms with Gasteiger partial charge in [-0.05, 0) is 32.0 Å². The van der Waals surface area contributed by atoms with Crippen LogP contribution in [-0.4, -0.2) is 52.8 Å². The van der Waals surface area contributed by atoms with Gasteiger partial charge in [-0.15, -0.1) is 10.2 Å². The first kappa shape index (κ1) is 20.4. The molecule has 10 nitrogen and oxygen atoms in total. The summed E-state index contributed by atoms with van der Waals surface area (Å²) in [6, 6.07) is 4.61. The number of carbonyl (C=O) groups excluding carboxylic acids is 2. The summed E-state index contributed by atoms with van der Waals surface area (Å²) in [4.78, 5) is 23.3. The Labute approximate surface area is 160 Å². The van der Waals surface area contributed by atoms with Crippen LogP contribution in [0.2, 0.25) is 0 Å². The third-order valence-electron chi connectivity index (χ3n) is 3.31. The first-order chi connectivity index (χ1) is 12.8. The maximum atomic E-state index is 11.8. The van der Waals surface area contributed by atoms with Crippen LogP contribution in [0, 0.1) is 0 Å². The standard InChI is InChI=1S/C16H22N6O4S/c1-9(2)18-15(24)19-13(23)8-27-16-21-20-14(22(16)17)10-5-6-11(25-3)12(7-10)26-4/h5-7,9H,8,17H2,1-4H3,(H2,18,19,23,24). The molecule has 11 heteroatoms. The Morgan fingerprint density at radius 2 is 1.93 bits per heavy atom. The second kappa shape index (κ2) is 9.12. The van der Waals surface area contributed by atoms with Crippen molar-refractivity contribution >= 4 is 23.7 Å². The molecule has 0 aliphatic carbocycles. The highest BCUT2D eigenvalue weighted by atomic mass is 32.2. The molecule has 1 heterocycles. The van der Waals surface area contributed by atoms with Crippen molar-refractivity contribution in [1.82, 2.24) is 25.5 Å². The maximum absolute atomic E-state index is 11.8. The zero-order valence-electron chi connectivity index (χ0n) is 15.5. The molecule has 1 aromatic carbocycles. The summed E-state index contributed by atoms with van der Waals surface area (Å²) in [7, 11) is 3.08. The molecular weight excluding hydrogens is 372 g/mol. The number of hydrogen-bond donors (Lipinski definition) is 3. The van der Waals surface area contributed by atoms with Crippen molar-refractivity contribution in [2.75, 3.05) is 25.8 Å². The third kappa shape index (κ3) is 5.26. The van der Waals surface area contributed by atoms with Crippen LogP contribution in [-0.2, 0) is 4.79 Å². The van der Waals surface area contributed by atoms with Crippen LogP contribution in [0.3, 0.4) is 0 Å². The fourth-order valence-corrected chi connectivity index (χ4v) is 2.80. The van der Waals surface area contributed by atoms with Crippen molar-refractivity contribution in [2.24, 2.45) is 0 Å². The van der Waals surface area contributed by atoms with Crippen molar-refractivity contribution in [3.05, 3.63) is 18.2 Å². The van der Waals surface area contributed by atoms with E-state index in [1.807, 2.05) is 0 Å². The van der Waals surface area contributed by atoms with Crippen molar-refractivity contribution in [3.8, 4) is 22.9 Å². The van der Waals surface area contributed by atoms with Gasteiger partial charge in [0.1, 0.15) is 0 Å². The number of benzene rings is 1.